The third-order valence-electron chi connectivity index (χ3n) is 7.43. The van der Waals surface area contributed by atoms with E-state index in [1.165, 1.54) is 6.07 Å². The number of hydrogen-bond donors (Lipinski definition) is 2. The van der Waals surface area contributed by atoms with E-state index >= 15 is 0 Å². The molecular weight excluding hydrogens is 495 g/mol. The molecule has 0 atom stereocenters. The first-order chi connectivity index (χ1) is 18.2. The molecule has 2 aliphatic carbocycles. The van der Waals surface area contributed by atoms with Crippen molar-refractivity contribution in [2.24, 2.45) is 0 Å². The van der Waals surface area contributed by atoms with Crippen LogP contribution in [0.1, 0.15) is 62.1 Å². The SMILES string of the molecule is CC1=C(c2ccc(-c3nc(-c4ccc(CNC5(C(=O)O)CCCC5)cc4)no3)cc2C(F)(F)F)C=CCC1. The molecule has 0 spiro atoms. The Balaban J connectivity index is 1.36. The summed E-state index contributed by atoms with van der Waals surface area (Å²) in [4.78, 5) is 16.1. The van der Waals surface area contributed by atoms with Gasteiger partial charge in [0.05, 0.1) is 5.56 Å². The van der Waals surface area contributed by atoms with Crippen LogP contribution < -0.4 is 5.32 Å². The summed E-state index contributed by atoms with van der Waals surface area (Å²) in [6.07, 6.45) is 3.64. The van der Waals surface area contributed by atoms with Crippen molar-refractivity contribution in [2.45, 2.75) is 63.7 Å². The fraction of sp³-hybridized carbons (Fsp3) is 0.345. The van der Waals surface area contributed by atoms with Gasteiger partial charge in [0.2, 0.25) is 5.82 Å². The number of halogens is 3. The second-order valence-electron chi connectivity index (χ2n) is 9.96. The van der Waals surface area contributed by atoms with E-state index in [-0.39, 0.29) is 22.8 Å². The van der Waals surface area contributed by atoms with Gasteiger partial charge in [-0.1, -0.05) is 66.1 Å². The summed E-state index contributed by atoms with van der Waals surface area (Å²) >= 11 is 0. The van der Waals surface area contributed by atoms with E-state index in [1.807, 2.05) is 25.1 Å². The molecule has 6 nitrogen and oxygen atoms in total. The van der Waals surface area contributed by atoms with Crippen LogP contribution in [0.5, 0.6) is 0 Å². The number of alkyl halides is 3. The standard InChI is InChI=1S/C29H28F3N3O3/c1-18-6-2-3-7-22(18)23-13-12-21(16-24(23)29(30,31)32)26-34-25(35-38-26)20-10-8-19(9-11-20)17-33-28(27(36)37)14-4-5-15-28/h3,7-13,16,33H,2,4-6,14-15,17H2,1H3,(H,36,37). The Kier molecular flexibility index (Phi) is 6.96. The second kappa shape index (κ2) is 10.2. The maximum Gasteiger partial charge on any atom is 0.417 e. The molecule has 0 unspecified atom stereocenters. The highest BCUT2D eigenvalue weighted by molar-refractivity contribution is 5.81. The van der Waals surface area contributed by atoms with Crippen molar-refractivity contribution in [3.8, 4) is 22.8 Å². The number of aromatic nitrogens is 2. The van der Waals surface area contributed by atoms with E-state index < -0.39 is 23.2 Å². The third kappa shape index (κ3) is 5.15. The quantitative estimate of drug-likeness (QED) is 0.346. The zero-order valence-electron chi connectivity index (χ0n) is 20.9. The van der Waals surface area contributed by atoms with Gasteiger partial charge >= 0.3 is 12.1 Å². The predicted molar refractivity (Wildman–Crippen MR) is 137 cm³/mol. The van der Waals surface area contributed by atoms with Crippen LogP contribution in [-0.2, 0) is 17.5 Å². The van der Waals surface area contributed by atoms with Crippen molar-refractivity contribution in [3.63, 3.8) is 0 Å². The molecule has 1 fully saturated rings. The molecule has 9 heteroatoms. The Morgan fingerprint density at radius 2 is 1.82 bits per heavy atom. The van der Waals surface area contributed by atoms with Crippen molar-refractivity contribution in [1.29, 1.82) is 0 Å². The molecule has 0 aliphatic heterocycles. The Bertz CT molecular complexity index is 1400. The minimum atomic E-state index is -4.55. The molecule has 2 N–H and O–H groups in total. The zero-order valence-corrected chi connectivity index (χ0v) is 20.9. The minimum absolute atomic E-state index is 0.00249. The van der Waals surface area contributed by atoms with Crippen molar-refractivity contribution in [2.75, 3.05) is 0 Å². The summed E-state index contributed by atoms with van der Waals surface area (Å²) in [6, 6.07) is 11.3. The molecule has 0 bridgehead atoms. The number of carboxylic acid groups (broad SMARTS) is 1. The molecule has 2 aliphatic rings. The highest BCUT2D eigenvalue weighted by atomic mass is 19.4. The number of allylic oxidation sites excluding steroid dienone is 4. The Morgan fingerprint density at radius 1 is 1.11 bits per heavy atom. The summed E-state index contributed by atoms with van der Waals surface area (Å²) in [5.41, 5.74) is 1.76. The third-order valence-corrected chi connectivity index (χ3v) is 7.43. The highest BCUT2D eigenvalue weighted by Crippen LogP contribution is 2.40. The van der Waals surface area contributed by atoms with Gasteiger partial charge < -0.3 is 9.63 Å². The fourth-order valence-electron chi connectivity index (χ4n) is 5.19. The van der Waals surface area contributed by atoms with E-state index in [4.69, 9.17) is 4.52 Å². The molecule has 198 valence electrons. The predicted octanol–water partition coefficient (Wildman–Crippen LogP) is 7.03. The normalized spacial score (nSPS) is 17.3. The fourth-order valence-corrected chi connectivity index (χ4v) is 5.19. The summed E-state index contributed by atoms with van der Waals surface area (Å²) in [5.74, 6) is -0.573. The van der Waals surface area contributed by atoms with E-state index in [0.717, 1.165) is 42.9 Å². The van der Waals surface area contributed by atoms with Crippen LogP contribution in [0, 0.1) is 0 Å². The lowest BCUT2D eigenvalue weighted by Crippen LogP contribution is -2.49. The van der Waals surface area contributed by atoms with E-state index in [2.05, 4.69) is 15.5 Å². The van der Waals surface area contributed by atoms with Crippen LogP contribution in [0.25, 0.3) is 28.4 Å². The molecule has 0 amide bonds. The molecule has 2 aromatic carbocycles. The summed E-state index contributed by atoms with van der Waals surface area (Å²) < 4.78 is 47.4. The van der Waals surface area contributed by atoms with Gasteiger partial charge in [0.25, 0.3) is 5.89 Å². The van der Waals surface area contributed by atoms with Gasteiger partial charge in [-0.2, -0.15) is 18.2 Å². The molecule has 3 aromatic rings. The van der Waals surface area contributed by atoms with Gasteiger partial charge in [-0.05, 0) is 61.4 Å². The number of carboxylic acids is 1. The van der Waals surface area contributed by atoms with Gasteiger partial charge in [-0.15, -0.1) is 0 Å². The monoisotopic (exact) mass is 523 g/mol. The topological polar surface area (TPSA) is 88.2 Å². The van der Waals surface area contributed by atoms with Crippen LogP contribution in [0.3, 0.4) is 0 Å². The van der Waals surface area contributed by atoms with E-state index in [0.29, 0.717) is 30.5 Å². The van der Waals surface area contributed by atoms with E-state index in [1.54, 1.807) is 24.3 Å². The molecular formula is C29H28F3N3O3. The Morgan fingerprint density at radius 3 is 2.47 bits per heavy atom. The molecule has 0 radical (unpaired) electrons. The van der Waals surface area contributed by atoms with Gasteiger partial charge in [-0.25, -0.2) is 0 Å². The molecule has 1 saturated carbocycles. The van der Waals surface area contributed by atoms with Crippen molar-refractivity contribution < 1.29 is 27.6 Å². The first-order valence-electron chi connectivity index (χ1n) is 12.7. The largest absolute Gasteiger partial charge is 0.480 e. The second-order valence-corrected chi connectivity index (χ2v) is 9.96. The summed E-state index contributed by atoms with van der Waals surface area (Å²) in [5, 5.41) is 16.8. The van der Waals surface area contributed by atoms with Crippen LogP contribution >= 0.6 is 0 Å². The van der Waals surface area contributed by atoms with Crippen molar-refractivity contribution in [1.82, 2.24) is 15.5 Å². The number of aliphatic carboxylic acids is 1. The molecule has 38 heavy (non-hydrogen) atoms. The number of benzene rings is 2. The summed E-state index contributed by atoms with van der Waals surface area (Å²) in [6.45, 7) is 2.26. The minimum Gasteiger partial charge on any atom is -0.480 e. The van der Waals surface area contributed by atoms with Gasteiger partial charge in [0.15, 0.2) is 0 Å². The summed E-state index contributed by atoms with van der Waals surface area (Å²) in [7, 11) is 0. The van der Waals surface area contributed by atoms with Crippen molar-refractivity contribution in [3.05, 3.63) is 76.9 Å². The highest BCUT2D eigenvalue weighted by Gasteiger charge is 2.40. The number of nitrogens with one attached hydrogen (secondary N) is 1. The number of nitrogens with zero attached hydrogens (tertiary/aromatic N) is 2. The zero-order chi connectivity index (χ0) is 26.9. The van der Waals surface area contributed by atoms with E-state index in [9.17, 15) is 23.1 Å². The smallest absolute Gasteiger partial charge is 0.417 e. The van der Waals surface area contributed by atoms with Gasteiger partial charge in [-0.3, -0.25) is 10.1 Å². The number of rotatable bonds is 7. The molecule has 1 aromatic heterocycles. The lowest BCUT2D eigenvalue weighted by atomic mass is 9.89. The van der Waals surface area contributed by atoms with Crippen LogP contribution in [0.2, 0.25) is 0 Å². The first-order valence-corrected chi connectivity index (χ1v) is 12.7. The number of carbonyl (C=O) groups is 1. The van der Waals surface area contributed by atoms with Crippen LogP contribution in [0.15, 0.2) is 64.7 Å². The maximum atomic E-state index is 14.0. The molecule has 0 saturated heterocycles. The number of hydrogen-bond acceptors (Lipinski definition) is 5. The Hall–Kier alpha value is -3.72. The maximum absolute atomic E-state index is 14.0. The average molecular weight is 524 g/mol. The van der Waals surface area contributed by atoms with Crippen LogP contribution in [-0.4, -0.2) is 26.8 Å². The Labute approximate surface area is 218 Å². The molecule has 1 heterocycles. The first kappa shape index (κ1) is 25.9. The van der Waals surface area contributed by atoms with Gasteiger partial charge in [0.1, 0.15) is 5.54 Å². The van der Waals surface area contributed by atoms with Crippen LogP contribution in [0.4, 0.5) is 13.2 Å². The van der Waals surface area contributed by atoms with Crippen molar-refractivity contribution >= 4 is 11.5 Å². The lowest BCUT2D eigenvalue weighted by molar-refractivity contribution is -0.144. The lowest BCUT2D eigenvalue weighted by Gasteiger charge is -2.25. The van der Waals surface area contributed by atoms with Gasteiger partial charge in [0, 0.05) is 17.7 Å². The molecule has 5 rings (SSSR count). The average Bonchev–Trinajstić information content (AvgIpc) is 3.59.